The van der Waals surface area contributed by atoms with Crippen LogP contribution in [0.5, 0.6) is 0 Å². The van der Waals surface area contributed by atoms with Gasteiger partial charge in [-0.2, -0.15) is 0 Å². The molecule has 4 rings (SSSR count). The van der Waals surface area contributed by atoms with E-state index in [9.17, 15) is 0 Å². The van der Waals surface area contributed by atoms with E-state index in [0.717, 1.165) is 43.7 Å². The van der Waals surface area contributed by atoms with Crippen molar-refractivity contribution in [3.63, 3.8) is 0 Å². The number of hydrogen-bond acceptors (Lipinski definition) is 3. The maximum absolute atomic E-state index is 7.87. The molecule has 2 heterocycles. The minimum atomic E-state index is 0.114. The van der Waals surface area contributed by atoms with Gasteiger partial charge in [0.05, 0.1) is 5.56 Å². The number of benzene rings is 1. The Morgan fingerprint density at radius 3 is 2.48 bits per heavy atom. The Morgan fingerprint density at radius 1 is 1.10 bits per heavy atom. The first kappa shape index (κ1) is 12.4. The molecule has 2 aliphatic rings. The van der Waals surface area contributed by atoms with Gasteiger partial charge in [-0.25, -0.2) is 4.98 Å². The van der Waals surface area contributed by atoms with Gasteiger partial charge in [-0.1, -0.05) is 24.3 Å². The molecule has 1 aliphatic carbocycles. The largest absolute Gasteiger partial charge is 0.384 e. The standard InChI is InChI=1S/C17H18N4/c18-16(19)14-8-11-6-3-7-15(11)20-17(14)21-9-12-4-1-2-5-13(12)10-21/h1-2,4-5,8H,3,6-7,9-10H2,(H3,18,19). The second-order valence-corrected chi connectivity index (χ2v) is 5.86. The molecule has 1 aromatic carbocycles. The maximum Gasteiger partial charge on any atom is 0.140 e. The van der Waals surface area contributed by atoms with Crippen molar-refractivity contribution < 1.29 is 0 Å². The molecule has 0 radical (unpaired) electrons. The molecular weight excluding hydrogens is 260 g/mol. The molecule has 106 valence electrons. The average molecular weight is 278 g/mol. The molecule has 4 heteroatoms. The average Bonchev–Trinajstić information content (AvgIpc) is 3.11. The van der Waals surface area contributed by atoms with Gasteiger partial charge in [-0.3, -0.25) is 5.41 Å². The van der Waals surface area contributed by atoms with Crippen LogP contribution in [-0.2, 0) is 25.9 Å². The zero-order valence-electron chi connectivity index (χ0n) is 11.9. The van der Waals surface area contributed by atoms with Crippen LogP contribution in [0.25, 0.3) is 0 Å². The van der Waals surface area contributed by atoms with Crippen molar-refractivity contribution in [2.75, 3.05) is 4.90 Å². The summed E-state index contributed by atoms with van der Waals surface area (Å²) < 4.78 is 0. The molecule has 0 bridgehead atoms. The van der Waals surface area contributed by atoms with Gasteiger partial charge in [0.1, 0.15) is 11.7 Å². The van der Waals surface area contributed by atoms with E-state index in [4.69, 9.17) is 16.1 Å². The Hall–Kier alpha value is -2.36. The fourth-order valence-corrected chi connectivity index (χ4v) is 3.38. The Balaban J connectivity index is 1.77. The first-order chi connectivity index (χ1) is 10.2. The molecule has 0 saturated carbocycles. The topological polar surface area (TPSA) is 66.0 Å². The van der Waals surface area contributed by atoms with Crippen molar-refractivity contribution in [1.29, 1.82) is 5.41 Å². The third kappa shape index (κ3) is 1.98. The highest BCUT2D eigenvalue weighted by Crippen LogP contribution is 2.32. The quantitative estimate of drug-likeness (QED) is 0.654. The molecule has 0 fully saturated rings. The van der Waals surface area contributed by atoms with Gasteiger partial charge < -0.3 is 10.6 Å². The Morgan fingerprint density at radius 2 is 1.81 bits per heavy atom. The highest BCUT2D eigenvalue weighted by Gasteiger charge is 2.25. The van der Waals surface area contributed by atoms with E-state index in [1.54, 1.807) is 0 Å². The van der Waals surface area contributed by atoms with Crippen LogP contribution in [0.4, 0.5) is 5.82 Å². The molecule has 0 unspecified atom stereocenters. The van der Waals surface area contributed by atoms with Crippen molar-refractivity contribution in [2.24, 2.45) is 5.73 Å². The number of nitrogen functional groups attached to an aromatic ring is 1. The number of nitrogens with one attached hydrogen (secondary N) is 1. The number of nitrogens with two attached hydrogens (primary N) is 1. The van der Waals surface area contributed by atoms with Crippen LogP contribution in [0.3, 0.4) is 0 Å². The fraction of sp³-hybridized carbons (Fsp3) is 0.294. The van der Waals surface area contributed by atoms with E-state index < -0.39 is 0 Å². The molecule has 0 amide bonds. The van der Waals surface area contributed by atoms with Crippen LogP contribution in [-0.4, -0.2) is 10.8 Å². The summed E-state index contributed by atoms with van der Waals surface area (Å²) in [6.07, 6.45) is 3.26. The van der Waals surface area contributed by atoms with Crippen LogP contribution in [0.1, 0.15) is 34.4 Å². The lowest BCUT2D eigenvalue weighted by Gasteiger charge is -2.21. The normalized spacial score (nSPS) is 15.9. The van der Waals surface area contributed by atoms with Crippen LogP contribution in [0, 0.1) is 5.41 Å². The molecule has 1 aromatic heterocycles. The predicted molar refractivity (Wildman–Crippen MR) is 83.6 cm³/mol. The number of pyridine rings is 1. The van der Waals surface area contributed by atoms with Crippen molar-refractivity contribution in [3.05, 3.63) is 58.3 Å². The van der Waals surface area contributed by atoms with Gasteiger partial charge >= 0.3 is 0 Å². The lowest BCUT2D eigenvalue weighted by atomic mass is 10.1. The maximum atomic E-state index is 7.87. The predicted octanol–water partition coefficient (Wildman–Crippen LogP) is 2.37. The van der Waals surface area contributed by atoms with E-state index in [1.165, 1.54) is 22.4 Å². The highest BCUT2D eigenvalue weighted by atomic mass is 15.2. The Kier molecular flexibility index (Phi) is 2.70. The highest BCUT2D eigenvalue weighted by molar-refractivity contribution is 6.00. The number of anilines is 1. The number of aromatic nitrogens is 1. The van der Waals surface area contributed by atoms with Gasteiger partial charge in [-0.05, 0) is 42.0 Å². The van der Waals surface area contributed by atoms with E-state index in [1.807, 2.05) is 0 Å². The number of amidine groups is 1. The number of aryl methyl sites for hydroxylation is 2. The third-order valence-electron chi connectivity index (χ3n) is 4.46. The molecule has 4 nitrogen and oxygen atoms in total. The van der Waals surface area contributed by atoms with Crippen molar-refractivity contribution in [1.82, 2.24) is 4.98 Å². The molecule has 1 aliphatic heterocycles. The summed E-state index contributed by atoms with van der Waals surface area (Å²) in [5.41, 5.74) is 11.7. The van der Waals surface area contributed by atoms with Gasteiger partial charge in [0.25, 0.3) is 0 Å². The van der Waals surface area contributed by atoms with Gasteiger partial charge in [0, 0.05) is 18.8 Å². The number of rotatable bonds is 2. The molecule has 3 N–H and O–H groups in total. The SMILES string of the molecule is N=C(N)c1cc2c(nc1N1Cc3ccccc3C1)CCC2. The summed E-state index contributed by atoms with van der Waals surface area (Å²) in [5, 5.41) is 7.87. The van der Waals surface area contributed by atoms with E-state index >= 15 is 0 Å². The zero-order valence-corrected chi connectivity index (χ0v) is 11.9. The second kappa shape index (κ2) is 4.58. The number of nitrogens with zero attached hydrogens (tertiary/aromatic N) is 2. The van der Waals surface area contributed by atoms with Crippen LogP contribution >= 0.6 is 0 Å². The second-order valence-electron chi connectivity index (χ2n) is 5.86. The lowest BCUT2D eigenvalue weighted by Crippen LogP contribution is -2.23. The smallest absolute Gasteiger partial charge is 0.140 e. The Labute approximate surface area is 124 Å². The first-order valence-corrected chi connectivity index (χ1v) is 7.41. The van der Waals surface area contributed by atoms with Gasteiger partial charge in [-0.15, -0.1) is 0 Å². The van der Waals surface area contributed by atoms with Crippen LogP contribution in [0.2, 0.25) is 0 Å². The van der Waals surface area contributed by atoms with Gasteiger partial charge in [0.2, 0.25) is 0 Å². The molecule has 0 atom stereocenters. The van der Waals surface area contributed by atoms with Crippen LogP contribution < -0.4 is 10.6 Å². The summed E-state index contributed by atoms with van der Waals surface area (Å²) in [6, 6.07) is 10.6. The van der Waals surface area contributed by atoms with Crippen molar-refractivity contribution in [2.45, 2.75) is 32.4 Å². The lowest BCUT2D eigenvalue weighted by molar-refractivity contribution is 0.841. The molecule has 0 saturated heterocycles. The monoisotopic (exact) mass is 278 g/mol. The molecule has 2 aromatic rings. The zero-order chi connectivity index (χ0) is 14.4. The van der Waals surface area contributed by atoms with Crippen molar-refractivity contribution in [3.8, 4) is 0 Å². The summed E-state index contributed by atoms with van der Waals surface area (Å²) in [7, 11) is 0. The van der Waals surface area contributed by atoms with E-state index in [-0.39, 0.29) is 5.84 Å². The third-order valence-corrected chi connectivity index (χ3v) is 4.46. The molecule has 0 spiro atoms. The minimum Gasteiger partial charge on any atom is -0.384 e. The summed E-state index contributed by atoms with van der Waals surface area (Å²) in [6.45, 7) is 1.70. The molecular formula is C17H18N4. The fourth-order valence-electron chi connectivity index (χ4n) is 3.38. The summed E-state index contributed by atoms with van der Waals surface area (Å²) in [4.78, 5) is 7.08. The van der Waals surface area contributed by atoms with E-state index in [0.29, 0.717) is 0 Å². The summed E-state index contributed by atoms with van der Waals surface area (Å²) >= 11 is 0. The van der Waals surface area contributed by atoms with Crippen LogP contribution in [0.15, 0.2) is 30.3 Å². The number of hydrogen-bond donors (Lipinski definition) is 2. The van der Waals surface area contributed by atoms with E-state index in [2.05, 4.69) is 35.2 Å². The van der Waals surface area contributed by atoms with Crippen molar-refractivity contribution >= 4 is 11.7 Å². The first-order valence-electron chi connectivity index (χ1n) is 7.41. The number of fused-ring (bicyclic) bond motifs is 2. The minimum absolute atomic E-state index is 0.114. The Bertz CT molecular complexity index is 711. The van der Waals surface area contributed by atoms with Gasteiger partial charge in [0.15, 0.2) is 0 Å². The summed E-state index contributed by atoms with van der Waals surface area (Å²) in [5.74, 6) is 0.988. The molecule has 21 heavy (non-hydrogen) atoms.